The molecule has 1 spiro atoms. The van der Waals surface area contributed by atoms with E-state index in [0.29, 0.717) is 0 Å². The molecular weight excluding hydrogens is 268 g/mol. The number of ether oxygens (including phenoxy) is 2. The summed E-state index contributed by atoms with van der Waals surface area (Å²) in [5.41, 5.74) is -1.56. The summed E-state index contributed by atoms with van der Waals surface area (Å²) in [6.45, 7) is 0. The standard InChI is InChI=1S/C12H8N2O6/c15-6-4-12(11(18)19-6)8-7(9(16)20-10(8)17)5-2-1-3-13-14(5)12/h1-3,5,7-8H,4H2/t5-,7-,8-,12+/m1/s1. The van der Waals surface area contributed by atoms with Gasteiger partial charge in [-0.05, 0) is 6.08 Å². The molecule has 0 N–H and O–H groups in total. The third-order valence-corrected chi connectivity index (χ3v) is 4.22. The minimum atomic E-state index is -1.56. The van der Waals surface area contributed by atoms with Gasteiger partial charge in [-0.1, -0.05) is 6.08 Å². The second-order valence-corrected chi connectivity index (χ2v) is 5.09. The van der Waals surface area contributed by atoms with E-state index in [9.17, 15) is 19.2 Å². The van der Waals surface area contributed by atoms with Gasteiger partial charge in [0.2, 0.25) is 0 Å². The second kappa shape index (κ2) is 3.33. The number of esters is 4. The molecule has 102 valence electrons. The average Bonchev–Trinajstić information content (AvgIpc) is 2.97. The third-order valence-electron chi connectivity index (χ3n) is 4.22. The van der Waals surface area contributed by atoms with Crippen molar-refractivity contribution < 1.29 is 28.7 Å². The first-order valence-electron chi connectivity index (χ1n) is 6.06. The van der Waals surface area contributed by atoms with Gasteiger partial charge in [-0.25, -0.2) is 4.79 Å². The summed E-state index contributed by atoms with van der Waals surface area (Å²) in [6.07, 6.45) is 4.41. The van der Waals surface area contributed by atoms with Crippen LogP contribution in [0.5, 0.6) is 0 Å². The Kier molecular flexibility index (Phi) is 1.88. The van der Waals surface area contributed by atoms with Gasteiger partial charge in [-0.15, -0.1) is 0 Å². The Balaban J connectivity index is 1.93. The van der Waals surface area contributed by atoms with Gasteiger partial charge in [0.05, 0.1) is 18.4 Å². The van der Waals surface area contributed by atoms with Crippen molar-refractivity contribution in [2.75, 3.05) is 0 Å². The fraction of sp³-hybridized carbons (Fsp3) is 0.417. The van der Waals surface area contributed by atoms with Gasteiger partial charge in [0, 0.05) is 6.21 Å². The molecule has 0 bridgehead atoms. The fourth-order valence-corrected chi connectivity index (χ4v) is 3.49. The van der Waals surface area contributed by atoms with Gasteiger partial charge in [0.25, 0.3) is 0 Å². The summed E-state index contributed by atoms with van der Waals surface area (Å²) in [5, 5.41) is 5.41. The zero-order chi connectivity index (χ0) is 14.1. The number of carbonyl (C=O) groups excluding carboxylic acids is 4. The first-order chi connectivity index (χ1) is 9.55. The molecule has 0 unspecified atom stereocenters. The van der Waals surface area contributed by atoms with Crippen LogP contribution >= 0.6 is 0 Å². The van der Waals surface area contributed by atoms with E-state index in [4.69, 9.17) is 0 Å². The van der Waals surface area contributed by atoms with Crippen LogP contribution in [0.25, 0.3) is 0 Å². The molecule has 4 atom stereocenters. The Morgan fingerprint density at radius 2 is 2.00 bits per heavy atom. The van der Waals surface area contributed by atoms with Crippen molar-refractivity contribution in [3.05, 3.63) is 12.2 Å². The summed E-state index contributed by atoms with van der Waals surface area (Å²) in [6, 6.07) is -0.581. The number of nitrogens with zero attached hydrogens (tertiary/aromatic N) is 2. The lowest BCUT2D eigenvalue weighted by Gasteiger charge is -2.33. The van der Waals surface area contributed by atoms with Crippen molar-refractivity contribution >= 4 is 30.1 Å². The van der Waals surface area contributed by atoms with E-state index in [1.807, 2.05) is 0 Å². The Morgan fingerprint density at radius 1 is 1.20 bits per heavy atom. The van der Waals surface area contributed by atoms with Crippen molar-refractivity contribution in [2.45, 2.75) is 18.0 Å². The van der Waals surface area contributed by atoms with E-state index in [1.54, 1.807) is 12.2 Å². The molecule has 8 heteroatoms. The van der Waals surface area contributed by atoms with E-state index in [0.717, 1.165) is 0 Å². The number of carbonyl (C=O) groups is 4. The second-order valence-electron chi connectivity index (χ2n) is 5.09. The molecule has 0 aromatic heterocycles. The molecule has 0 aromatic carbocycles. The molecule has 4 heterocycles. The van der Waals surface area contributed by atoms with Gasteiger partial charge < -0.3 is 9.47 Å². The van der Waals surface area contributed by atoms with E-state index in [2.05, 4.69) is 14.6 Å². The monoisotopic (exact) mass is 276 g/mol. The van der Waals surface area contributed by atoms with Crippen LogP contribution in [-0.4, -0.2) is 46.7 Å². The number of hydrazone groups is 1. The predicted molar refractivity (Wildman–Crippen MR) is 59.8 cm³/mol. The molecule has 0 aromatic rings. The highest BCUT2D eigenvalue weighted by molar-refractivity contribution is 6.08. The lowest BCUT2D eigenvalue weighted by atomic mass is 9.79. The van der Waals surface area contributed by atoms with Crippen LogP contribution in [0, 0.1) is 11.8 Å². The zero-order valence-electron chi connectivity index (χ0n) is 10.0. The minimum Gasteiger partial charge on any atom is -0.393 e. The number of fused-ring (bicyclic) bond motifs is 5. The number of cyclic esters (lactones) is 4. The molecule has 4 aliphatic rings. The largest absolute Gasteiger partial charge is 0.393 e. The highest BCUT2D eigenvalue weighted by Gasteiger charge is 2.75. The van der Waals surface area contributed by atoms with Crippen LogP contribution in [0.15, 0.2) is 17.3 Å². The van der Waals surface area contributed by atoms with E-state index < -0.39 is 47.3 Å². The highest BCUT2D eigenvalue weighted by Crippen LogP contribution is 2.53. The predicted octanol–water partition coefficient (Wildman–Crippen LogP) is -1.25. The maximum absolute atomic E-state index is 12.2. The topological polar surface area (TPSA) is 102 Å². The lowest BCUT2D eigenvalue weighted by molar-refractivity contribution is -0.163. The summed E-state index contributed by atoms with van der Waals surface area (Å²) < 4.78 is 9.24. The number of rotatable bonds is 0. The number of hydrogen-bond acceptors (Lipinski definition) is 8. The molecule has 8 nitrogen and oxygen atoms in total. The fourth-order valence-electron chi connectivity index (χ4n) is 3.49. The van der Waals surface area contributed by atoms with E-state index in [1.165, 1.54) is 11.2 Å². The molecular formula is C12H8N2O6. The Labute approximate surface area is 112 Å². The molecule has 0 aliphatic carbocycles. The van der Waals surface area contributed by atoms with Crippen molar-refractivity contribution in [2.24, 2.45) is 16.9 Å². The van der Waals surface area contributed by atoms with Crippen LogP contribution in [0.2, 0.25) is 0 Å². The summed E-state index contributed by atoms with van der Waals surface area (Å²) in [4.78, 5) is 47.5. The third kappa shape index (κ3) is 1.06. The maximum Gasteiger partial charge on any atom is 0.342 e. The van der Waals surface area contributed by atoms with Crippen molar-refractivity contribution in [3.63, 3.8) is 0 Å². The molecule has 20 heavy (non-hydrogen) atoms. The molecule has 0 amide bonds. The van der Waals surface area contributed by atoms with Crippen LogP contribution in [-0.2, 0) is 28.7 Å². The SMILES string of the molecule is O=C1C[C@@]2(C(=O)O1)[C@H]1C(=O)OC(=O)[C@@H]1[C@H]1C=CC=NN12. The van der Waals surface area contributed by atoms with E-state index >= 15 is 0 Å². The Hall–Kier alpha value is -2.51. The minimum absolute atomic E-state index is 0.308. The van der Waals surface area contributed by atoms with Crippen LogP contribution < -0.4 is 0 Å². The lowest BCUT2D eigenvalue weighted by Crippen LogP contribution is -2.53. The first kappa shape index (κ1) is 11.3. The van der Waals surface area contributed by atoms with Gasteiger partial charge in [0.15, 0.2) is 5.54 Å². The van der Waals surface area contributed by atoms with Gasteiger partial charge in [-0.3, -0.25) is 19.4 Å². The van der Waals surface area contributed by atoms with Crippen LogP contribution in [0.1, 0.15) is 6.42 Å². The molecule has 3 saturated heterocycles. The smallest absolute Gasteiger partial charge is 0.342 e. The van der Waals surface area contributed by atoms with Crippen molar-refractivity contribution in [1.82, 2.24) is 5.01 Å². The molecule has 0 saturated carbocycles. The highest BCUT2D eigenvalue weighted by atomic mass is 16.6. The van der Waals surface area contributed by atoms with Gasteiger partial charge in [-0.2, -0.15) is 5.10 Å². The van der Waals surface area contributed by atoms with Gasteiger partial charge >= 0.3 is 23.9 Å². The summed E-state index contributed by atoms with van der Waals surface area (Å²) >= 11 is 0. The average molecular weight is 276 g/mol. The molecule has 4 rings (SSSR count). The summed E-state index contributed by atoms with van der Waals surface area (Å²) in [5.74, 6) is -4.97. The Bertz CT molecular complexity index is 638. The Morgan fingerprint density at radius 3 is 2.70 bits per heavy atom. The van der Waals surface area contributed by atoms with Crippen molar-refractivity contribution in [1.29, 1.82) is 0 Å². The molecule has 0 radical (unpaired) electrons. The normalized spacial score (nSPS) is 41.2. The number of allylic oxidation sites excluding steroid dienone is 1. The summed E-state index contributed by atoms with van der Waals surface area (Å²) in [7, 11) is 0. The van der Waals surface area contributed by atoms with Gasteiger partial charge in [0.1, 0.15) is 5.92 Å². The first-order valence-corrected chi connectivity index (χ1v) is 6.06. The van der Waals surface area contributed by atoms with Crippen LogP contribution in [0.4, 0.5) is 0 Å². The zero-order valence-corrected chi connectivity index (χ0v) is 10.0. The number of hydrogen-bond donors (Lipinski definition) is 0. The molecule has 3 fully saturated rings. The maximum atomic E-state index is 12.2. The van der Waals surface area contributed by atoms with Crippen LogP contribution in [0.3, 0.4) is 0 Å². The van der Waals surface area contributed by atoms with Crippen molar-refractivity contribution in [3.8, 4) is 0 Å². The molecule has 4 aliphatic heterocycles. The van der Waals surface area contributed by atoms with E-state index in [-0.39, 0.29) is 6.42 Å². The quantitative estimate of drug-likeness (QED) is 0.402.